The van der Waals surface area contributed by atoms with Crippen LogP contribution in [0.2, 0.25) is 0 Å². The fourth-order valence-corrected chi connectivity index (χ4v) is 6.37. The van der Waals surface area contributed by atoms with Gasteiger partial charge in [-0.3, -0.25) is 37.0 Å². The molecule has 0 saturated carbocycles. The van der Waals surface area contributed by atoms with Crippen molar-refractivity contribution in [3.63, 3.8) is 0 Å². The minimum atomic E-state index is -4.93. The van der Waals surface area contributed by atoms with Gasteiger partial charge < -0.3 is 30.7 Å². The second kappa shape index (κ2) is 12.1. The molecule has 2 fully saturated rings. The third-order valence-corrected chi connectivity index (χ3v) is 9.05. The van der Waals surface area contributed by atoms with Crippen LogP contribution in [0.3, 0.4) is 0 Å². The summed E-state index contributed by atoms with van der Waals surface area (Å²) in [5, 5.41) is 0. The number of nitrogen functional groups attached to an aromatic ring is 2. The highest BCUT2D eigenvalue weighted by Crippen LogP contribution is 2.50. The second-order valence-electron chi connectivity index (χ2n) is 9.96. The monoisotopic (exact) mass is 676 g/mol. The van der Waals surface area contributed by atoms with Crippen LogP contribution in [0.1, 0.15) is 25.3 Å². The summed E-state index contributed by atoms with van der Waals surface area (Å²) in [5.41, 5.74) is 11.5. The molecule has 0 radical (unpaired) electrons. The standard InChI is InChI=1S/C21H27FN10O11P2/c1-38-44(34,35)39-5-12-10(3-14(42-12)31-7-27-15-17(23)25-6-26-18(15)31)43-45(36,37)40-4-11-9(22)2-13(41-11)32-8-28-16-19(32)29-21(24)30-20(16)33/h6-14H,2-5H2,1H3,(H,34,35)(H,36,37)(H2,23,25,26)(H3,24,29,30,33)/t9-,10-,11+,12+,13+,14+/m0/s1. The lowest BCUT2D eigenvalue weighted by Gasteiger charge is -2.23. The number of halogens is 1. The van der Waals surface area contributed by atoms with Crippen molar-refractivity contribution in [1.29, 1.82) is 0 Å². The number of aromatic amines is 1. The number of phosphoric acid groups is 2. The molecular formula is C21H27FN10O11P2. The number of imidazole rings is 2. The number of H-pyrrole nitrogens is 1. The molecule has 45 heavy (non-hydrogen) atoms. The SMILES string of the molecule is COP(=O)(O)OC[C@H]1O[C@@H](n2cnc3c(N)ncnc32)C[C@@H]1OP(=O)(O)OC[C@H]1O[C@@H](n2cnc3c(=O)[nH]c(N)nc32)C[C@@H]1F. The first-order chi connectivity index (χ1) is 21.3. The molecule has 6 heterocycles. The van der Waals surface area contributed by atoms with Crippen LogP contribution in [0.5, 0.6) is 0 Å². The summed E-state index contributed by atoms with van der Waals surface area (Å²) in [7, 11) is -8.43. The third kappa shape index (κ3) is 6.47. The first-order valence-corrected chi connectivity index (χ1v) is 16.1. The van der Waals surface area contributed by atoms with E-state index >= 15 is 0 Å². The summed E-state index contributed by atoms with van der Waals surface area (Å²) in [6.07, 6.45) is -3.78. The Morgan fingerprint density at radius 2 is 1.62 bits per heavy atom. The molecule has 2 aliphatic heterocycles. The third-order valence-electron chi connectivity index (χ3n) is 7.10. The normalized spacial score (nSPS) is 28.1. The number of hydrogen-bond donors (Lipinski definition) is 5. The van der Waals surface area contributed by atoms with Gasteiger partial charge in [-0.25, -0.2) is 33.5 Å². The Labute approximate surface area is 250 Å². The highest BCUT2D eigenvalue weighted by atomic mass is 31.2. The zero-order valence-electron chi connectivity index (χ0n) is 23.2. The predicted molar refractivity (Wildman–Crippen MR) is 148 cm³/mol. The molecule has 244 valence electrons. The van der Waals surface area contributed by atoms with Crippen LogP contribution in [0.15, 0.2) is 23.8 Å². The molecule has 24 heteroatoms. The van der Waals surface area contributed by atoms with E-state index < -0.39 is 71.4 Å². The number of hydrogen-bond acceptors (Lipinski definition) is 16. The number of nitrogens with two attached hydrogens (primary N) is 2. The van der Waals surface area contributed by atoms with E-state index in [0.29, 0.717) is 0 Å². The first-order valence-electron chi connectivity index (χ1n) is 13.1. The topological polar surface area (TPSA) is 289 Å². The number of fused-ring (bicyclic) bond motifs is 2. The molecule has 2 saturated heterocycles. The lowest BCUT2D eigenvalue weighted by atomic mass is 10.2. The number of ether oxygens (including phenoxy) is 2. The Bertz CT molecular complexity index is 1870. The summed E-state index contributed by atoms with van der Waals surface area (Å²) in [5.74, 6) is -0.0661. The maximum absolute atomic E-state index is 15.0. The maximum atomic E-state index is 15.0. The highest BCUT2D eigenvalue weighted by Gasteiger charge is 2.45. The molecule has 0 spiro atoms. The van der Waals surface area contributed by atoms with Gasteiger partial charge in [0.25, 0.3) is 5.56 Å². The van der Waals surface area contributed by atoms with Gasteiger partial charge in [-0.15, -0.1) is 0 Å². The zero-order valence-corrected chi connectivity index (χ0v) is 24.9. The van der Waals surface area contributed by atoms with E-state index in [9.17, 15) is 28.1 Å². The molecule has 4 aromatic heterocycles. The summed E-state index contributed by atoms with van der Waals surface area (Å²) in [6, 6.07) is 0. The van der Waals surface area contributed by atoms with Crippen molar-refractivity contribution in [3.8, 4) is 0 Å². The molecule has 0 amide bonds. The van der Waals surface area contributed by atoms with Crippen LogP contribution >= 0.6 is 15.6 Å². The Morgan fingerprint density at radius 1 is 0.978 bits per heavy atom. The van der Waals surface area contributed by atoms with Gasteiger partial charge in [-0.1, -0.05) is 0 Å². The second-order valence-corrected chi connectivity index (χ2v) is 12.9. The summed E-state index contributed by atoms with van der Waals surface area (Å²) < 4.78 is 74.1. The fraction of sp³-hybridized carbons (Fsp3) is 0.524. The smallest absolute Gasteiger partial charge is 0.382 e. The molecule has 6 rings (SSSR count). The van der Waals surface area contributed by atoms with Gasteiger partial charge in [0.1, 0.15) is 48.8 Å². The quantitative estimate of drug-likeness (QED) is 0.133. The van der Waals surface area contributed by atoms with Crippen molar-refractivity contribution in [2.45, 2.75) is 49.8 Å². The van der Waals surface area contributed by atoms with Crippen LogP contribution in [-0.4, -0.2) is 93.6 Å². The van der Waals surface area contributed by atoms with Crippen molar-refractivity contribution in [1.82, 2.24) is 39.0 Å². The van der Waals surface area contributed by atoms with Crippen molar-refractivity contribution in [3.05, 3.63) is 29.3 Å². The summed E-state index contributed by atoms with van der Waals surface area (Å²) >= 11 is 0. The summed E-state index contributed by atoms with van der Waals surface area (Å²) in [6.45, 7) is -1.29. The van der Waals surface area contributed by atoms with Crippen LogP contribution in [0, 0.1) is 0 Å². The number of nitrogens with one attached hydrogen (secondary N) is 1. The Hall–Kier alpha value is -3.43. The largest absolute Gasteiger partial charge is 0.472 e. The number of aromatic nitrogens is 8. The number of phosphoric ester groups is 2. The Morgan fingerprint density at radius 3 is 2.38 bits per heavy atom. The minimum Gasteiger partial charge on any atom is -0.382 e. The fourth-order valence-electron chi connectivity index (χ4n) is 4.97. The van der Waals surface area contributed by atoms with Crippen molar-refractivity contribution in [2.75, 3.05) is 31.8 Å². The van der Waals surface area contributed by atoms with E-state index in [1.54, 1.807) is 0 Å². The number of rotatable bonds is 11. The van der Waals surface area contributed by atoms with Crippen molar-refractivity contribution in [2.24, 2.45) is 0 Å². The van der Waals surface area contributed by atoms with Crippen molar-refractivity contribution < 1.29 is 50.9 Å². The van der Waals surface area contributed by atoms with E-state index in [0.717, 1.165) is 7.11 Å². The Balaban J connectivity index is 1.14. The van der Waals surface area contributed by atoms with Crippen LogP contribution in [-0.2, 0) is 36.7 Å². The van der Waals surface area contributed by atoms with E-state index in [2.05, 4.69) is 34.4 Å². The molecule has 7 N–H and O–H groups in total. The lowest BCUT2D eigenvalue weighted by molar-refractivity contribution is -0.0509. The van der Waals surface area contributed by atoms with Crippen LogP contribution in [0.4, 0.5) is 16.2 Å². The predicted octanol–water partition coefficient (Wildman–Crippen LogP) is 0.303. The average molecular weight is 676 g/mol. The number of nitrogens with zero attached hydrogens (tertiary/aromatic N) is 7. The minimum absolute atomic E-state index is 0.0329. The van der Waals surface area contributed by atoms with Gasteiger partial charge in [0.05, 0.1) is 25.9 Å². The van der Waals surface area contributed by atoms with Gasteiger partial charge in [0, 0.05) is 20.0 Å². The molecule has 4 aromatic rings. The van der Waals surface area contributed by atoms with E-state index in [1.165, 1.54) is 28.1 Å². The molecular weight excluding hydrogens is 649 g/mol. The number of alkyl halides is 1. The van der Waals surface area contributed by atoms with Gasteiger partial charge in [-0.05, 0) is 0 Å². The van der Waals surface area contributed by atoms with Crippen LogP contribution < -0.4 is 17.0 Å². The van der Waals surface area contributed by atoms with E-state index in [-0.39, 0.29) is 46.9 Å². The van der Waals surface area contributed by atoms with Gasteiger partial charge in [0.15, 0.2) is 22.6 Å². The first kappa shape index (κ1) is 31.5. The zero-order chi connectivity index (χ0) is 32.1. The Kier molecular flexibility index (Phi) is 8.46. The molecule has 2 aliphatic rings. The molecule has 21 nitrogen and oxygen atoms in total. The van der Waals surface area contributed by atoms with E-state index in [4.69, 9.17) is 34.5 Å². The average Bonchev–Trinajstić information content (AvgIpc) is 3.76. The molecule has 0 bridgehead atoms. The van der Waals surface area contributed by atoms with Crippen LogP contribution in [0.25, 0.3) is 22.3 Å². The van der Waals surface area contributed by atoms with Gasteiger partial charge >= 0.3 is 15.6 Å². The highest BCUT2D eigenvalue weighted by molar-refractivity contribution is 7.47. The summed E-state index contributed by atoms with van der Waals surface area (Å²) in [4.78, 5) is 54.8. The molecule has 2 unspecified atom stereocenters. The number of anilines is 2. The lowest BCUT2D eigenvalue weighted by Crippen LogP contribution is -2.29. The maximum Gasteiger partial charge on any atom is 0.472 e. The molecule has 0 aromatic carbocycles. The van der Waals surface area contributed by atoms with Crippen molar-refractivity contribution >= 4 is 49.7 Å². The van der Waals surface area contributed by atoms with E-state index in [1.807, 2.05) is 0 Å². The van der Waals surface area contributed by atoms with Gasteiger partial charge in [-0.2, -0.15) is 4.98 Å². The van der Waals surface area contributed by atoms with Gasteiger partial charge in [0.2, 0.25) is 5.95 Å². The molecule has 8 atom stereocenters. The molecule has 0 aliphatic carbocycles.